The standard InChI is InChI=1S/C26H20N4O4/c1-15-5-7-17(8-6-15)21-14-20(23-16(2)30-34-26(23)29-21)24(31)27-18-9-11-19(12-10-18)28-25(32)22-4-3-13-33-22/h3-14H,1-2H3,(H,27,31)(H,28,32). The summed E-state index contributed by atoms with van der Waals surface area (Å²) in [5, 5.41) is 10.2. The molecule has 5 rings (SSSR count). The Balaban J connectivity index is 1.40. The number of nitrogens with zero attached hydrogens (tertiary/aromatic N) is 2. The van der Waals surface area contributed by atoms with Crippen molar-refractivity contribution in [3.8, 4) is 11.3 Å². The Morgan fingerprint density at radius 2 is 1.53 bits per heavy atom. The average molecular weight is 452 g/mol. The number of aromatic nitrogens is 2. The largest absolute Gasteiger partial charge is 0.459 e. The van der Waals surface area contributed by atoms with Crippen molar-refractivity contribution >= 4 is 34.3 Å². The molecular formula is C26H20N4O4. The molecule has 2 amide bonds. The van der Waals surface area contributed by atoms with Gasteiger partial charge in [-0.1, -0.05) is 35.0 Å². The number of rotatable bonds is 5. The maximum Gasteiger partial charge on any atom is 0.291 e. The molecule has 34 heavy (non-hydrogen) atoms. The molecule has 0 atom stereocenters. The molecule has 0 fully saturated rings. The summed E-state index contributed by atoms with van der Waals surface area (Å²) in [5.41, 5.74) is 5.05. The summed E-state index contributed by atoms with van der Waals surface area (Å²) in [4.78, 5) is 29.9. The molecule has 0 unspecified atom stereocenters. The Morgan fingerprint density at radius 1 is 0.853 bits per heavy atom. The highest BCUT2D eigenvalue weighted by atomic mass is 16.5. The van der Waals surface area contributed by atoms with Crippen LogP contribution in [-0.2, 0) is 0 Å². The highest BCUT2D eigenvalue weighted by molar-refractivity contribution is 6.13. The Labute approximate surface area is 194 Å². The summed E-state index contributed by atoms with van der Waals surface area (Å²) in [6.45, 7) is 3.78. The number of nitrogens with one attached hydrogen (secondary N) is 2. The van der Waals surface area contributed by atoms with Crippen LogP contribution in [0.15, 0.2) is 81.9 Å². The van der Waals surface area contributed by atoms with E-state index >= 15 is 0 Å². The lowest BCUT2D eigenvalue weighted by atomic mass is 10.0. The normalized spacial score (nSPS) is 10.9. The minimum Gasteiger partial charge on any atom is -0.459 e. The number of carbonyl (C=O) groups excluding carboxylic acids is 2. The number of hydrogen-bond donors (Lipinski definition) is 2. The van der Waals surface area contributed by atoms with Gasteiger partial charge in [-0.2, -0.15) is 0 Å². The molecule has 0 bridgehead atoms. The number of pyridine rings is 1. The molecule has 0 aliphatic heterocycles. The number of aryl methyl sites for hydroxylation is 2. The average Bonchev–Trinajstić information content (AvgIpc) is 3.51. The summed E-state index contributed by atoms with van der Waals surface area (Å²) in [6, 6.07) is 19.6. The first kappa shape index (κ1) is 21.1. The van der Waals surface area contributed by atoms with E-state index in [-0.39, 0.29) is 17.6 Å². The van der Waals surface area contributed by atoms with Crippen LogP contribution in [0.4, 0.5) is 11.4 Å². The van der Waals surface area contributed by atoms with E-state index in [4.69, 9.17) is 8.94 Å². The second-order valence-corrected chi connectivity index (χ2v) is 7.83. The Hall–Kier alpha value is -4.72. The van der Waals surface area contributed by atoms with Crippen LogP contribution < -0.4 is 10.6 Å². The van der Waals surface area contributed by atoms with E-state index in [1.54, 1.807) is 49.4 Å². The molecule has 0 aliphatic rings. The minimum absolute atomic E-state index is 0.215. The summed E-state index contributed by atoms with van der Waals surface area (Å²) in [6.07, 6.45) is 1.44. The van der Waals surface area contributed by atoms with Gasteiger partial charge in [0.1, 0.15) is 0 Å². The zero-order valence-corrected chi connectivity index (χ0v) is 18.5. The molecule has 168 valence electrons. The van der Waals surface area contributed by atoms with Crippen molar-refractivity contribution in [2.45, 2.75) is 13.8 Å². The van der Waals surface area contributed by atoms with Gasteiger partial charge in [0.2, 0.25) is 0 Å². The van der Waals surface area contributed by atoms with Crippen molar-refractivity contribution < 1.29 is 18.5 Å². The maximum atomic E-state index is 13.2. The summed E-state index contributed by atoms with van der Waals surface area (Å²) >= 11 is 0. The molecule has 0 spiro atoms. The van der Waals surface area contributed by atoms with Crippen molar-refractivity contribution in [3.05, 3.63) is 95.6 Å². The molecule has 8 heteroatoms. The Morgan fingerprint density at radius 3 is 2.18 bits per heavy atom. The molecule has 0 aliphatic carbocycles. The number of carbonyl (C=O) groups is 2. The Bertz CT molecular complexity index is 1480. The summed E-state index contributed by atoms with van der Waals surface area (Å²) in [5.74, 6) is -0.459. The molecule has 5 aromatic rings. The second kappa shape index (κ2) is 8.67. The zero-order chi connectivity index (χ0) is 23.7. The van der Waals surface area contributed by atoms with Crippen molar-refractivity contribution in [3.63, 3.8) is 0 Å². The molecule has 2 N–H and O–H groups in total. The van der Waals surface area contributed by atoms with Gasteiger partial charge < -0.3 is 19.6 Å². The van der Waals surface area contributed by atoms with Gasteiger partial charge >= 0.3 is 0 Å². The first-order valence-electron chi connectivity index (χ1n) is 10.6. The predicted molar refractivity (Wildman–Crippen MR) is 128 cm³/mol. The van der Waals surface area contributed by atoms with Crippen LogP contribution in [0.5, 0.6) is 0 Å². The van der Waals surface area contributed by atoms with Crippen LogP contribution in [0.1, 0.15) is 32.2 Å². The molecule has 8 nitrogen and oxygen atoms in total. The van der Waals surface area contributed by atoms with Gasteiger partial charge in [0, 0.05) is 16.9 Å². The SMILES string of the molecule is Cc1ccc(-c2cc(C(=O)Nc3ccc(NC(=O)c4ccco4)cc3)c3c(C)noc3n2)cc1. The monoisotopic (exact) mass is 452 g/mol. The van der Waals surface area contributed by atoms with Crippen LogP contribution in [0.25, 0.3) is 22.4 Å². The third-order valence-electron chi connectivity index (χ3n) is 5.35. The highest BCUT2D eigenvalue weighted by Crippen LogP contribution is 2.28. The number of anilines is 2. The molecule has 0 radical (unpaired) electrons. The van der Waals surface area contributed by atoms with Crippen LogP contribution in [-0.4, -0.2) is 22.0 Å². The van der Waals surface area contributed by atoms with E-state index in [9.17, 15) is 9.59 Å². The molecule has 0 saturated heterocycles. The minimum atomic E-state index is -0.354. The van der Waals surface area contributed by atoms with Gasteiger partial charge in [-0.25, -0.2) is 4.98 Å². The lowest BCUT2D eigenvalue weighted by Gasteiger charge is -2.10. The topological polar surface area (TPSA) is 110 Å². The number of hydrogen-bond acceptors (Lipinski definition) is 6. The second-order valence-electron chi connectivity index (χ2n) is 7.83. The highest BCUT2D eigenvalue weighted by Gasteiger charge is 2.19. The van der Waals surface area contributed by atoms with Crippen molar-refractivity contribution in [2.24, 2.45) is 0 Å². The zero-order valence-electron chi connectivity index (χ0n) is 18.5. The summed E-state index contributed by atoms with van der Waals surface area (Å²) < 4.78 is 10.5. The van der Waals surface area contributed by atoms with Gasteiger partial charge in [-0.15, -0.1) is 0 Å². The van der Waals surface area contributed by atoms with E-state index in [2.05, 4.69) is 20.8 Å². The van der Waals surface area contributed by atoms with Crippen LogP contribution in [0.3, 0.4) is 0 Å². The van der Waals surface area contributed by atoms with Crippen LogP contribution in [0, 0.1) is 13.8 Å². The first-order chi connectivity index (χ1) is 16.5. The third kappa shape index (κ3) is 4.16. The molecule has 3 aromatic heterocycles. The lowest BCUT2D eigenvalue weighted by Crippen LogP contribution is -2.14. The van der Waals surface area contributed by atoms with Crippen molar-refractivity contribution in [1.82, 2.24) is 10.1 Å². The van der Waals surface area contributed by atoms with Crippen LogP contribution >= 0.6 is 0 Å². The van der Waals surface area contributed by atoms with E-state index in [1.165, 1.54) is 6.26 Å². The first-order valence-corrected chi connectivity index (χ1v) is 10.6. The number of fused-ring (bicyclic) bond motifs is 1. The van der Waals surface area contributed by atoms with Gasteiger partial charge in [0.05, 0.1) is 28.6 Å². The quantitative estimate of drug-likeness (QED) is 0.359. The number of furan rings is 1. The van der Waals surface area contributed by atoms with Gasteiger partial charge in [-0.05, 0) is 56.3 Å². The summed E-state index contributed by atoms with van der Waals surface area (Å²) in [7, 11) is 0. The van der Waals surface area contributed by atoms with Crippen molar-refractivity contribution in [2.75, 3.05) is 10.6 Å². The van der Waals surface area contributed by atoms with E-state index in [1.807, 2.05) is 31.2 Å². The fraction of sp³-hybridized carbons (Fsp3) is 0.0769. The smallest absolute Gasteiger partial charge is 0.291 e. The Kier molecular flexibility index (Phi) is 5.39. The van der Waals surface area contributed by atoms with Gasteiger partial charge in [-0.3, -0.25) is 9.59 Å². The lowest BCUT2D eigenvalue weighted by molar-refractivity contribution is 0.0994. The van der Waals surface area contributed by atoms with Gasteiger partial charge in [0.15, 0.2) is 5.76 Å². The van der Waals surface area contributed by atoms with E-state index < -0.39 is 0 Å². The molecule has 2 aromatic carbocycles. The van der Waals surface area contributed by atoms with Crippen LogP contribution in [0.2, 0.25) is 0 Å². The molecular weight excluding hydrogens is 432 g/mol. The molecule has 0 saturated carbocycles. The maximum absolute atomic E-state index is 13.2. The number of amides is 2. The van der Waals surface area contributed by atoms with Gasteiger partial charge in [0.25, 0.3) is 17.5 Å². The predicted octanol–water partition coefficient (Wildman–Crippen LogP) is 5.60. The van der Waals surface area contributed by atoms with Crippen molar-refractivity contribution in [1.29, 1.82) is 0 Å². The third-order valence-corrected chi connectivity index (χ3v) is 5.35. The van der Waals surface area contributed by atoms with E-state index in [0.29, 0.717) is 39.4 Å². The number of benzene rings is 2. The fourth-order valence-corrected chi connectivity index (χ4v) is 3.58. The molecule has 3 heterocycles. The van der Waals surface area contributed by atoms with E-state index in [0.717, 1.165) is 11.1 Å². The fourth-order valence-electron chi connectivity index (χ4n) is 3.58.